The first-order chi connectivity index (χ1) is 56.3. The second-order valence-corrected chi connectivity index (χ2v) is 53.7. The average Bonchev–Trinajstić information content (AvgIpc) is 1.53. The predicted octanol–water partition coefficient (Wildman–Crippen LogP) is 33.5. The van der Waals surface area contributed by atoms with Gasteiger partial charge in [-0.3, -0.25) is 9.59 Å². The lowest BCUT2D eigenvalue weighted by atomic mass is 9.65. The number of rotatable bonds is 47. The summed E-state index contributed by atoms with van der Waals surface area (Å²) < 4.78 is 46.5. The Labute approximate surface area is 776 Å². The van der Waals surface area contributed by atoms with E-state index in [1.54, 1.807) is 22.7 Å². The molecule has 6 aromatic heterocycles. The normalized spacial score (nSPS) is 16.4. The Hall–Kier alpha value is -0.960. The number of carbonyl (C=O) groups excluding carboxylic acids is 2. The number of unbranched alkanes of at least 4 members (excludes halogenated alkanes) is 36. The third-order valence-electron chi connectivity index (χ3n) is 26.0. The minimum Gasteiger partial charge on any atom is -0.399 e. The Morgan fingerprint density at radius 1 is 0.359 bits per heavy atom. The van der Waals surface area contributed by atoms with E-state index in [-0.39, 0.29) is 5.41 Å². The van der Waals surface area contributed by atoms with Crippen molar-refractivity contribution >= 4 is 207 Å². The maximum atomic E-state index is 14.8. The molecule has 2 aliphatic carbocycles. The quantitative estimate of drug-likeness (QED) is 0.0158. The number of benzene rings is 2. The van der Waals surface area contributed by atoms with E-state index in [1.165, 1.54) is 301 Å². The van der Waals surface area contributed by atoms with Crippen molar-refractivity contribution in [2.24, 2.45) is 0 Å². The van der Waals surface area contributed by atoms with Crippen LogP contribution < -0.4 is 10.9 Å². The fourth-order valence-corrected chi connectivity index (χ4v) is 24.7. The van der Waals surface area contributed by atoms with Gasteiger partial charge in [0.1, 0.15) is 22.1 Å². The SMILES string of the molecule is CC1(C)OB(c2ccc(B3OC(C)(C)C(C)(C)O3)c3nsnc23)OC1(C)C.CCCCCCCCCCCCC1(CCCCCCCCCCCC)C(=O)c2cc(Br)sc2-c2sc(Br)cc21.CCCCCCCCCCCCC1(CCCCCCCCCCCC)C(=O)c2cc(C)sc2-c2sc(-c3ccc(C)c4nsnc34)cc21.IPI. The summed E-state index contributed by atoms with van der Waals surface area (Å²) in [7, 11) is -0.956. The van der Waals surface area contributed by atoms with Crippen LogP contribution in [-0.2, 0) is 29.4 Å². The standard InChI is InChI=1S/C42H60N2OS3.C34H52Br2OS2.C18H26B2N2O4S.HI2P/c1-5-7-9-11-13-15-17-19-21-23-27-42(28-24-22-20-18-16-14-12-10-8-6-2)35-30-36(33-26-25-31(3)37-38(33)44-48-43-37)47-40(35)39-34(41(42)45)29-32(4)46-39;1-3-5-7-9-11-13-15-17-19-21-23-34(24-22-20-18-16-14-12-10-8-6-4-2)28-26-30(36)39-32(28)31-27(33(34)37)25-29(35)38-31;1-15(2)16(3,4)24-19(23-15)11-9-10-12(14-13(11)21-27-22-14)20-25-17(5,6)18(7,8)26-20;1-3-2/h25-26,29-30H,5-24,27-28H2,1-4H3;25-26H,3-24H2,1-2H3;9-10H,1-8H3;3H. The lowest BCUT2D eigenvalue weighted by Crippen LogP contribution is -2.41. The fraction of sp³-hybridized carbons (Fsp3) is 0.681. The van der Waals surface area contributed by atoms with E-state index in [0.717, 1.165) is 112 Å². The second-order valence-electron chi connectivity index (χ2n) is 35.9. The molecule has 12 rings (SSSR count). The van der Waals surface area contributed by atoms with Gasteiger partial charge in [-0.05, 0) is 212 Å². The molecule has 2 saturated heterocycles. The Morgan fingerprint density at radius 2 is 0.658 bits per heavy atom. The van der Waals surface area contributed by atoms with Gasteiger partial charge in [-0.2, -0.15) is 17.5 Å². The molecule has 2 fully saturated rings. The summed E-state index contributed by atoms with van der Waals surface area (Å²) in [6.07, 6.45) is 57.1. The number of aryl methyl sites for hydroxylation is 2. The summed E-state index contributed by atoms with van der Waals surface area (Å²) in [6.45, 7) is 29.8. The third kappa shape index (κ3) is 26.6. The van der Waals surface area contributed by atoms with Gasteiger partial charge < -0.3 is 18.6 Å². The van der Waals surface area contributed by atoms with Gasteiger partial charge in [0, 0.05) is 46.1 Å². The summed E-state index contributed by atoms with van der Waals surface area (Å²) in [4.78, 5) is 36.7. The molecule has 0 bridgehead atoms. The molecule has 8 heterocycles. The van der Waals surface area contributed by atoms with Gasteiger partial charge in [0.15, 0.2) is 11.6 Å². The number of aromatic nitrogens is 4. The zero-order valence-electron chi connectivity index (χ0n) is 73.6. The van der Waals surface area contributed by atoms with E-state index in [0.29, 0.717) is 11.6 Å². The van der Waals surface area contributed by atoms with Crippen LogP contribution in [0.1, 0.15) is 408 Å². The van der Waals surface area contributed by atoms with Crippen molar-refractivity contribution in [2.75, 3.05) is 0 Å². The molecule has 2 aromatic carbocycles. The maximum absolute atomic E-state index is 14.8. The molecular formula is C94H139B2Br2I2N4O6PS6. The highest BCUT2D eigenvalue weighted by atomic mass is 127. The lowest BCUT2D eigenvalue weighted by Gasteiger charge is -2.36. The molecule has 0 unspecified atom stereocenters. The van der Waals surface area contributed by atoms with Crippen LogP contribution >= 0.6 is 149 Å². The zero-order valence-corrected chi connectivity index (χ0v) is 87.0. The number of carbonyl (C=O) groups is 2. The number of nitrogens with zero attached hydrogens (tertiary/aromatic N) is 4. The van der Waals surface area contributed by atoms with Crippen molar-refractivity contribution < 1.29 is 28.2 Å². The topological polar surface area (TPSA) is 123 Å². The van der Waals surface area contributed by atoms with Crippen LogP contribution in [0.3, 0.4) is 0 Å². The molecule has 0 spiro atoms. The van der Waals surface area contributed by atoms with Crippen LogP contribution in [-0.4, -0.2) is 65.7 Å². The number of hydrogen-bond donors (Lipinski definition) is 0. The molecule has 4 aliphatic rings. The van der Waals surface area contributed by atoms with Crippen LogP contribution in [0.25, 0.3) is 52.0 Å². The number of Topliss-reactive ketones (excluding diaryl/α,β-unsaturated/α-hetero) is 2. The summed E-state index contributed by atoms with van der Waals surface area (Å²) >= 11 is 21.8. The Kier molecular flexibility index (Phi) is 42.1. The first-order valence-electron chi connectivity index (χ1n) is 45.4. The summed E-state index contributed by atoms with van der Waals surface area (Å²) in [5.74, 6) is 0.791. The molecule has 10 nitrogen and oxygen atoms in total. The Morgan fingerprint density at radius 3 is 1.03 bits per heavy atom. The number of hydrogen-bond acceptors (Lipinski definition) is 16. The fourth-order valence-electron chi connectivity index (χ4n) is 17.6. The number of ketones is 2. The van der Waals surface area contributed by atoms with Gasteiger partial charge in [0.2, 0.25) is 0 Å². The molecule has 8 aromatic rings. The predicted molar refractivity (Wildman–Crippen MR) is 540 cm³/mol. The molecule has 117 heavy (non-hydrogen) atoms. The van der Waals surface area contributed by atoms with Crippen molar-refractivity contribution in [1.29, 1.82) is 0 Å². The minimum atomic E-state index is -0.478. The maximum Gasteiger partial charge on any atom is 0.497 e. The van der Waals surface area contributed by atoms with E-state index in [9.17, 15) is 9.59 Å². The smallest absolute Gasteiger partial charge is 0.399 e. The first-order valence-corrected chi connectivity index (χ1v) is 58.9. The van der Waals surface area contributed by atoms with Crippen molar-refractivity contribution in [3.63, 3.8) is 0 Å². The number of fused-ring (bicyclic) bond motifs is 8. The highest BCUT2D eigenvalue weighted by Gasteiger charge is 2.55. The average molecular weight is 2080 g/mol. The molecule has 646 valence electrons. The zero-order chi connectivity index (χ0) is 84.2. The van der Waals surface area contributed by atoms with Crippen LogP contribution in [0.15, 0.2) is 56.1 Å². The second kappa shape index (κ2) is 49.4. The van der Waals surface area contributed by atoms with Crippen LogP contribution in [0.5, 0.6) is 0 Å². The summed E-state index contributed by atoms with van der Waals surface area (Å²) in [5, 5.41) is 0. The largest absolute Gasteiger partial charge is 0.497 e. The molecule has 23 heteroatoms. The van der Waals surface area contributed by atoms with Crippen LogP contribution in [0.4, 0.5) is 0 Å². The lowest BCUT2D eigenvalue weighted by molar-refractivity contribution is 0.00578. The highest BCUT2D eigenvalue weighted by molar-refractivity contribution is 14.3. The van der Waals surface area contributed by atoms with E-state index in [2.05, 4.69) is 167 Å². The third-order valence-corrected chi connectivity index (χ3v) is 32.9. The Balaban J connectivity index is 0.000000204. The van der Waals surface area contributed by atoms with Crippen molar-refractivity contribution in [3.05, 3.63) is 88.8 Å². The summed E-state index contributed by atoms with van der Waals surface area (Å²) in [6, 6.07) is 17.4. The highest BCUT2D eigenvalue weighted by Crippen LogP contribution is 2.58. The minimum absolute atomic E-state index is 0.342. The number of halogens is 4. The van der Waals surface area contributed by atoms with Crippen molar-refractivity contribution in [3.8, 4) is 29.9 Å². The van der Waals surface area contributed by atoms with Gasteiger partial charge in [0.05, 0.1) is 78.9 Å². The molecule has 0 radical (unpaired) electrons. The van der Waals surface area contributed by atoms with E-state index >= 15 is 0 Å². The van der Waals surface area contributed by atoms with Gasteiger partial charge in [-0.1, -0.05) is 309 Å². The van der Waals surface area contributed by atoms with E-state index in [1.807, 2.05) is 90.2 Å². The van der Waals surface area contributed by atoms with Gasteiger partial charge >= 0.3 is 14.2 Å². The first kappa shape index (κ1) is 99.8. The molecule has 2 aliphatic heterocycles. The van der Waals surface area contributed by atoms with Crippen LogP contribution in [0.2, 0.25) is 0 Å². The van der Waals surface area contributed by atoms with E-state index < -0.39 is 42.1 Å². The monoisotopic (exact) mass is 2080 g/mol. The summed E-state index contributed by atoms with van der Waals surface area (Å²) in [5.41, 5.74) is 9.89. The van der Waals surface area contributed by atoms with Crippen molar-refractivity contribution in [2.45, 2.75) is 413 Å². The molecule has 0 atom stereocenters. The van der Waals surface area contributed by atoms with E-state index in [4.69, 9.17) is 23.0 Å². The van der Waals surface area contributed by atoms with Gasteiger partial charge in [-0.15, -0.1) is 45.3 Å². The molecule has 0 N–H and O–H groups in total. The number of thiophene rings is 4. The van der Waals surface area contributed by atoms with Crippen LogP contribution in [0, 0.1) is 13.8 Å². The van der Waals surface area contributed by atoms with Crippen molar-refractivity contribution in [1.82, 2.24) is 17.5 Å². The Bertz CT molecular complexity index is 4190. The van der Waals surface area contributed by atoms with Gasteiger partial charge in [0.25, 0.3) is 0 Å². The molecular weight excluding hydrogens is 1940 g/mol. The molecule has 0 saturated carbocycles. The van der Waals surface area contributed by atoms with Gasteiger partial charge in [-0.25, -0.2) is 0 Å². The molecule has 0 amide bonds.